The van der Waals surface area contributed by atoms with Gasteiger partial charge in [-0.15, -0.1) is 0 Å². The van der Waals surface area contributed by atoms with E-state index in [4.69, 9.17) is 10.5 Å². The number of benzene rings is 2. The molecule has 0 aliphatic rings. The van der Waals surface area contributed by atoms with Crippen molar-refractivity contribution in [3.8, 4) is 16.9 Å². The summed E-state index contributed by atoms with van der Waals surface area (Å²) in [6.07, 6.45) is 0. The van der Waals surface area contributed by atoms with E-state index in [1.54, 1.807) is 19.1 Å². The fourth-order valence-electron chi connectivity index (χ4n) is 1.90. The molecule has 1 amide bonds. The number of carbonyl (C=O) groups excluding carboxylic acids is 1. The van der Waals surface area contributed by atoms with Crippen LogP contribution in [0.4, 0.5) is 8.78 Å². The minimum absolute atomic E-state index is 0.160. The van der Waals surface area contributed by atoms with E-state index in [0.717, 1.165) is 12.1 Å². The number of hydrogen-bond donors (Lipinski definition) is 1. The number of primary amides is 1. The first kappa shape index (κ1) is 14.0. The maximum Gasteiger partial charge on any atom is 0.252 e. The second-order valence-corrected chi connectivity index (χ2v) is 4.13. The third kappa shape index (κ3) is 2.77. The quantitative estimate of drug-likeness (QED) is 0.933. The lowest BCUT2D eigenvalue weighted by Gasteiger charge is -2.10. The summed E-state index contributed by atoms with van der Waals surface area (Å²) in [5.41, 5.74) is 6.06. The highest BCUT2D eigenvalue weighted by Crippen LogP contribution is 2.28. The molecule has 0 aliphatic heterocycles. The Morgan fingerprint density at radius 1 is 1.20 bits per heavy atom. The maximum absolute atomic E-state index is 13.7. The molecule has 0 saturated carbocycles. The van der Waals surface area contributed by atoms with Crippen LogP contribution >= 0.6 is 0 Å². The highest BCUT2D eigenvalue weighted by molar-refractivity contribution is 5.97. The van der Waals surface area contributed by atoms with Gasteiger partial charge >= 0.3 is 0 Å². The summed E-state index contributed by atoms with van der Waals surface area (Å²) < 4.78 is 31.9. The lowest BCUT2D eigenvalue weighted by Crippen LogP contribution is -2.13. The molecule has 2 aromatic rings. The summed E-state index contributed by atoms with van der Waals surface area (Å²) >= 11 is 0. The van der Waals surface area contributed by atoms with Crippen LogP contribution in [0.1, 0.15) is 17.3 Å². The van der Waals surface area contributed by atoms with E-state index in [9.17, 15) is 13.6 Å². The molecule has 0 unspecified atom stereocenters. The Hall–Kier alpha value is -2.43. The van der Waals surface area contributed by atoms with E-state index < -0.39 is 17.5 Å². The molecule has 0 spiro atoms. The van der Waals surface area contributed by atoms with Crippen LogP contribution in [-0.4, -0.2) is 12.5 Å². The molecule has 3 nitrogen and oxygen atoms in total. The van der Waals surface area contributed by atoms with Gasteiger partial charge in [0.25, 0.3) is 5.91 Å². The molecular weight excluding hydrogens is 264 g/mol. The maximum atomic E-state index is 13.7. The fourth-order valence-corrected chi connectivity index (χ4v) is 1.90. The molecule has 2 aromatic carbocycles. The lowest BCUT2D eigenvalue weighted by molar-refractivity contribution is 0.0996. The Morgan fingerprint density at radius 2 is 1.95 bits per heavy atom. The SMILES string of the molecule is CCOc1ccc(-c2ccc(F)cc2F)cc1C(N)=O. The molecule has 0 saturated heterocycles. The third-order valence-electron chi connectivity index (χ3n) is 2.79. The van der Waals surface area contributed by atoms with Gasteiger partial charge in [0.1, 0.15) is 17.4 Å². The van der Waals surface area contributed by atoms with Gasteiger partial charge in [-0.2, -0.15) is 0 Å². The van der Waals surface area contributed by atoms with Gasteiger partial charge in [-0.05, 0) is 36.8 Å². The first-order chi connectivity index (χ1) is 9.52. The molecule has 0 bridgehead atoms. The molecule has 20 heavy (non-hydrogen) atoms. The van der Waals surface area contributed by atoms with Gasteiger partial charge in [0.2, 0.25) is 0 Å². The number of halogens is 2. The van der Waals surface area contributed by atoms with Gasteiger partial charge in [0.15, 0.2) is 0 Å². The molecule has 104 valence electrons. The summed E-state index contributed by atoms with van der Waals surface area (Å²) in [6, 6.07) is 7.82. The monoisotopic (exact) mass is 277 g/mol. The van der Waals surface area contributed by atoms with E-state index >= 15 is 0 Å². The van der Waals surface area contributed by atoms with Gasteiger partial charge < -0.3 is 10.5 Å². The van der Waals surface area contributed by atoms with Crippen LogP contribution in [0.2, 0.25) is 0 Å². The number of ether oxygens (including phenoxy) is 1. The Kier molecular flexibility index (Phi) is 3.98. The number of carbonyl (C=O) groups is 1. The van der Waals surface area contributed by atoms with Crippen LogP contribution in [0.15, 0.2) is 36.4 Å². The predicted molar refractivity (Wildman–Crippen MR) is 71.5 cm³/mol. The Morgan fingerprint density at radius 3 is 2.55 bits per heavy atom. The minimum Gasteiger partial charge on any atom is -0.493 e. The standard InChI is InChI=1S/C15H13F2NO2/c1-2-20-14-6-3-9(7-12(14)15(18)19)11-5-4-10(16)8-13(11)17/h3-8H,2H2,1H3,(H2,18,19). The van der Waals surface area contributed by atoms with Crippen LogP contribution < -0.4 is 10.5 Å². The van der Waals surface area contributed by atoms with Crippen molar-refractivity contribution in [2.45, 2.75) is 6.92 Å². The highest BCUT2D eigenvalue weighted by atomic mass is 19.1. The summed E-state index contributed by atoms with van der Waals surface area (Å²) in [7, 11) is 0. The smallest absolute Gasteiger partial charge is 0.252 e. The predicted octanol–water partition coefficient (Wildman–Crippen LogP) is 3.13. The third-order valence-corrected chi connectivity index (χ3v) is 2.79. The normalized spacial score (nSPS) is 10.3. The summed E-state index contributed by atoms with van der Waals surface area (Å²) in [5, 5.41) is 0. The fraction of sp³-hybridized carbons (Fsp3) is 0.133. The molecule has 2 N–H and O–H groups in total. The van der Waals surface area contributed by atoms with Crippen molar-refractivity contribution in [2.24, 2.45) is 5.73 Å². The first-order valence-electron chi connectivity index (χ1n) is 6.05. The molecule has 0 aromatic heterocycles. The number of nitrogens with two attached hydrogens (primary N) is 1. The second kappa shape index (κ2) is 5.69. The largest absolute Gasteiger partial charge is 0.493 e. The second-order valence-electron chi connectivity index (χ2n) is 4.13. The zero-order chi connectivity index (χ0) is 14.7. The van der Waals surface area contributed by atoms with Crippen LogP contribution in [0.5, 0.6) is 5.75 Å². The van der Waals surface area contributed by atoms with Crippen LogP contribution in [0, 0.1) is 11.6 Å². The lowest BCUT2D eigenvalue weighted by atomic mass is 10.0. The van der Waals surface area contributed by atoms with E-state index in [2.05, 4.69) is 0 Å². The van der Waals surface area contributed by atoms with E-state index in [1.807, 2.05) is 0 Å². The first-order valence-corrected chi connectivity index (χ1v) is 6.05. The van der Waals surface area contributed by atoms with Crippen molar-refractivity contribution in [3.63, 3.8) is 0 Å². The van der Waals surface area contributed by atoms with Gasteiger partial charge in [-0.3, -0.25) is 4.79 Å². The summed E-state index contributed by atoms with van der Waals surface area (Å²) in [4.78, 5) is 11.4. The van der Waals surface area contributed by atoms with Crippen LogP contribution in [0.3, 0.4) is 0 Å². The number of rotatable bonds is 4. The number of amides is 1. The Bertz CT molecular complexity index is 656. The topological polar surface area (TPSA) is 52.3 Å². The van der Waals surface area contributed by atoms with E-state index in [1.165, 1.54) is 12.1 Å². The Balaban J connectivity index is 2.53. The van der Waals surface area contributed by atoms with Gasteiger partial charge in [0, 0.05) is 11.6 Å². The van der Waals surface area contributed by atoms with Crippen LogP contribution in [-0.2, 0) is 0 Å². The van der Waals surface area contributed by atoms with Crippen molar-refractivity contribution in [1.82, 2.24) is 0 Å². The minimum atomic E-state index is -0.704. The van der Waals surface area contributed by atoms with Crippen molar-refractivity contribution >= 4 is 5.91 Å². The zero-order valence-electron chi connectivity index (χ0n) is 10.8. The van der Waals surface area contributed by atoms with Crippen LogP contribution in [0.25, 0.3) is 11.1 Å². The van der Waals surface area contributed by atoms with E-state index in [-0.39, 0.29) is 11.1 Å². The summed E-state index contributed by atoms with van der Waals surface area (Å²) in [5.74, 6) is -1.69. The average molecular weight is 277 g/mol. The molecule has 0 atom stereocenters. The van der Waals surface area contributed by atoms with Gasteiger partial charge in [-0.25, -0.2) is 8.78 Å². The van der Waals surface area contributed by atoms with Gasteiger partial charge in [-0.1, -0.05) is 6.07 Å². The molecular formula is C15H13F2NO2. The zero-order valence-corrected chi connectivity index (χ0v) is 10.8. The van der Waals surface area contributed by atoms with Crippen molar-refractivity contribution in [1.29, 1.82) is 0 Å². The Labute approximate surface area is 115 Å². The van der Waals surface area contributed by atoms with Crippen molar-refractivity contribution in [3.05, 3.63) is 53.6 Å². The van der Waals surface area contributed by atoms with Crippen molar-refractivity contribution in [2.75, 3.05) is 6.61 Å². The molecule has 0 aliphatic carbocycles. The van der Waals surface area contributed by atoms with E-state index in [0.29, 0.717) is 17.9 Å². The molecule has 0 heterocycles. The highest BCUT2D eigenvalue weighted by Gasteiger charge is 2.13. The molecule has 2 rings (SSSR count). The number of hydrogen-bond acceptors (Lipinski definition) is 2. The van der Waals surface area contributed by atoms with Crippen molar-refractivity contribution < 1.29 is 18.3 Å². The van der Waals surface area contributed by atoms with Gasteiger partial charge in [0.05, 0.1) is 12.2 Å². The molecule has 5 heteroatoms. The summed E-state index contributed by atoms with van der Waals surface area (Å²) in [6.45, 7) is 2.16. The average Bonchev–Trinajstić information content (AvgIpc) is 2.39. The molecule has 0 fully saturated rings. The molecule has 0 radical (unpaired) electrons.